The summed E-state index contributed by atoms with van der Waals surface area (Å²) in [6.45, 7) is 2.27. The van der Waals surface area contributed by atoms with Gasteiger partial charge in [-0.1, -0.05) is 173 Å². The molecule has 7 fully saturated rings. The van der Waals surface area contributed by atoms with Crippen molar-refractivity contribution in [2.45, 2.75) is 160 Å². The first kappa shape index (κ1) is 91.4. The van der Waals surface area contributed by atoms with Crippen molar-refractivity contribution >= 4 is 114 Å². The van der Waals surface area contributed by atoms with Crippen LogP contribution < -0.4 is 42.5 Å². The molecule has 24 heteroatoms. The van der Waals surface area contributed by atoms with Gasteiger partial charge in [0.05, 0.1) is 44.1 Å². The van der Waals surface area contributed by atoms with Gasteiger partial charge in [-0.25, -0.2) is 19.9 Å². The van der Waals surface area contributed by atoms with E-state index in [2.05, 4.69) is 84.3 Å². The Labute approximate surface area is 800 Å². The summed E-state index contributed by atoms with van der Waals surface area (Å²) in [4.78, 5) is 133. The number of para-hydroxylation sites is 4. The predicted octanol–water partition coefficient (Wildman–Crippen LogP) is 23.3. The highest BCUT2D eigenvalue weighted by Crippen LogP contribution is 2.54. The van der Waals surface area contributed by atoms with Crippen molar-refractivity contribution in [3.63, 3.8) is 0 Å². The van der Waals surface area contributed by atoms with Gasteiger partial charge in [-0.05, 0) is 283 Å². The fraction of sp³-hybridized carbons (Fsp3) is 0.263. The number of carbonyl (C=O) groups excluding carboxylic acids is 8. The minimum atomic E-state index is -0.174. The zero-order valence-corrected chi connectivity index (χ0v) is 77.1. The highest BCUT2D eigenvalue weighted by Gasteiger charge is 2.49. The van der Waals surface area contributed by atoms with E-state index >= 15 is 0 Å². The summed E-state index contributed by atoms with van der Waals surface area (Å²) in [7, 11) is 0. The van der Waals surface area contributed by atoms with Gasteiger partial charge in [0.1, 0.15) is 23.3 Å². The van der Waals surface area contributed by atoms with Crippen molar-refractivity contribution in [2.24, 2.45) is 29.6 Å². The highest BCUT2D eigenvalue weighted by atomic mass is 16.2. The summed E-state index contributed by atoms with van der Waals surface area (Å²) in [6.07, 6.45) is 23.8. The van der Waals surface area contributed by atoms with E-state index in [1.165, 1.54) is 89.9 Å². The maximum Gasteiger partial charge on any atom is 0.255 e. The maximum absolute atomic E-state index is 13.1. The van der Waals surface area contributed by atoms with Crippen LogP contribution in [0.5, 0.6) is 0 Å². The second-order valence-electron chi connectivity index (χ2n) is 37.7. The van der Waals surface area contributed by atoms with Crippen molar-refractivity contribution in [1.29, 1.82) is 0 Å². The van der Waals surface area contributed by atoms with Gasteiger partial charge in [0, 0.05) is 114 Å². The lowest BCUT2D eigenvalue weighted by Gasteiger charge is -2.54. The molecule has 0 atom stereocenters. The van der Waals surface area contributed by atoms with Crippen molar-refractivity contribution in [3.05, 3.63) is 336 Å². The van der Waals surface area contributed by atoms with Crippen LogP contribution in [0.4, 0.5) is 22.7 Å². The average Bonchev–Trinajstić information content (AvgIpc) is 1.20. The molecular weight excluding hydrogens is 1720 g/mol. The number of imidazole rings is 4. The standard InChI is InChI=1S/C31H30N4O2.2C28H28N4O2.C27H26N4O2/c36-30(35-28-23-13-18-12-19(15-23)16-24(28)14-18)21-8-6-20(7-9-21)29-33-26-11-10-22(17-27(26)34-29)31(37)32-25-4-2-1-3-5-25;1-18-7-14-23(15-8-18)30-27(33)20-11-9-19(10-12-20)26-31-24-16-13-21(17-25(24)32-26)28(34)29-22-5-3-2-4-6-22;33-27(29-22-8-4-1-2-5-9-22)20-14-12-19(13-15-20)26-31-24-17-16-21(18-25(24)32-26)28(34)30-23-10-6-3-7-11-23;32-26(28-21-7-3-1-4-8-21)19-13-11-18(12-14-19)25-30-23-16-15-20(17-24(23)31-25)27(33)29-22-9-5-2-6-10-22/h1-11,17-19,23-24,28H,12-16H2,(H,32,37)(H,33,34)(H,35,36);2-6,9-13,16-18,23H,7-8,14-15H2,1H3,(H,29,34)(H,30,33)(H,31,32);3,6-7,10-18,22H,1-2,4-5,8-9H2,(H,29,33)(H,30,34)(H,31,32);2,5-6,9-17,21H,1,3-4,7-8H2,(H,28,32)(H,29,33)(H,30,31). The van der Waals surface area contributed by atoms with Crippen LogP contribution in [-0.2, 0) is 0 Å². The second kappa shape index (κ2) is 42.5. The van der Waals surface area contributed by atoms with Gasteiger partial charge in [-0.3, -0.25) is 38.4 Å². The molecule has 7 aliphatic rings. The van der Waals surface area contributed by atoms with Crippen LogP contribution in [0, 0.1) is 29.6 Å². The summed E-state index contributed by atoms with van der Waals surface area (Å²) in [5.74, 6) is 5.96. The molecule has 138 heavy (non-hydrogen) atoms. The Balaban J connectivity index is 0.000000118. The highest BCUT2D eigenvalue weighted by molar-refractivity contribution is 6.09. The van der Waals surface area contributed by atoms with E-state index < -0.39 is 0 Å². The third-order valence-corrected chi connectivity index (χ3v) is 27.8. The van der Waals surface area contributed by atoms with E-state index in [4.69, 9.17) is 4.98 Å². The normalized spacial score (nSPS) is 18.3. The van der Waals surface area contributed by atoms with Gasteiger partial charge >= 0.3 is 0 Å². The van der Waals surface area contributed by atoms with E-state index in [0.29, 0.717) is 85.7 Å². The summed E-state index contributed by atoms with van der Waals surface area (Å²) in [5, 5.41) is 24.5. The van der Waals surface area contributed by atoms with E-state index in [-0.39, 0.29) is 65.4 Å². The molecule has 7 aliphatic carbocycles. The fourth-order valence-corrected chi connectivity index (χ4v) is 20.4. The number of benzene rings is 12. The average molecular weight is 1830 g/mol. The lowest BCUT2D eigenvalue weighted by Crippen LogP contribution is -2.55. The van der Waals surface area contributed by atoms with Gasteiger partial charge in [0.2, 0.25) is 0 Å². The van der Waals surface area contributed by atoms with Crippen LogP contribution in [0.2, 0.25) is 0 Å². The molecule has 23 rings (SSSR count). The third kappa shape index (κ3) is 22.6. The number of rotatable bonds is 20. The fourth-order valence-electron chi connectivity index (χ4n) is 20.4. The molecule has 0 radical (unpaired) electrons. The SMILES string of the molecule is CC1CCC(NC(=O)c2ccc(-c3nc4ccc(C(=O)Nc5ccccc5)cc4[nH]3)cc2)CC1.O=C(Nc1ccccc1)c1ccc2nc(-c3ccc(C(=O)NC4C5CC6CC(C5)CC4C6)cc3)[nH]c2c1.O=C(Nc1ccccc1)c1ccc2nc(-c3ccc(C(=O)NC4CCCCC4)cc3)[nH]c2c1.O=C(Nc1ccccc1)c1ccc2nc(-c3ccc(C(=O)NC4CCCCCC4)cc3)[nH]c2c1. The van der Waals surface area contributed by atoms with Gasteiger partial charge in [-0.2, -0.15) is 0 Å². The summed E-state index contributed by atoms with van der Waals surface area (Å²) in [6, 6.07) is 90.4. The molecule has 7 saturated carbocycles. The first-order chi connectivity index (χ1) is 67.4. The number of amides is 8. The van der Waals surface area contributed by atoms with E-state index in [1.807, 2.05) is 249 Å². The molecule has 0 saturated heterocycles. The van der Waals surface area contributed by atoms with Gasteiger partial charge in [0.15, 0.2) is 0 Å². The van der Waals surface area contributed by atoms with Gasteiger partial charge in [-0.15, -0.1) is 0 Å². The number of hydrogen-bond acceptors (Lipinski definition) is 12. The third-order valence-electron chi connectivity index (χ3n) is 27.8. The van der Waals surface area contributed by atoms with Crippen molar-refractivity contribution in [1.82, 2.24) is 61.1 Å². The molecule has 12 N–H and O–H groups in total. The molecule has 0 unspecified atom stereocenters. The Morgan fingerprint density at radius 1 is 0.246 bits per heavy atom. The maximum atomic E-state index is 13.1. The monoisotopic (exact) mass is 1830 g/mol. The number of aromatic amines is 4. The number of H-pyrrole nitrogens is 4. The van der Waals surface area contributed by atoms with Crippen molar-refractivity contribution in [3.8, 4) is 45.6 Å². The van der Waals surface area contributed by atoms with Gasteiger partial charge in [0.25, 0.3) is 47.3 Å². The van der Waals surface area contributed by atoms with Crippen LogP contribution in [0.1, 0.15) is 218 Å². The van der Waals surface area contributed by atoms with E-state index in [0.717, 1.165) is 145 Å². The molecule has 4 bridgehead atoms. The summed E-state index contributed by atoms with van der Waals surface area (Å²) in [5.41, 5.74) is 17.7. The number of aromatic nitrogens is 8. The molecule has 8 amide bonds. The number of carbonyl (C=O) groups is 8. The lowest BCUT2D eigenvalue weighted by atomic mass is 9.54. The first-order valence-electron chi connectivity index (χ1n) is 48.5. The number of nitrogens with one attached hydrogen (secondary N) is 12. The number of fused-ring (bicyclic) bond motifs is 4. The summed E-state index contributed by atoms with van der Waals surface area (Å²) < 4.78 is 0. The predicted molar refractivity (Wildman–Crippen MR) is 544 cm³/mol. The number of nitrogens with zero attached hydrogens (tertiary/aromatic N) is 4. The molecule has 12 aromatic carbocycles. The topological polar surface area (TPSA) is 348 Å². The Morgan fingerprint density at radius 3 is 0.754 bits per heavy atom. The Morgan fingerprint density at radius 2 is 0.486 bits per heavy atom. The van der Waals surface area contributed by atoms with E-state index in [1.54, 1.807) is 42.5 Å². The quantitative estimate of drug-likeness (QED) is 0.0317. The Kier molecular flexibility index (Phi) is 28.1. The smallest absolute Gasteiger partial charge is 0.255 e. The minimum Gasteiger partial charge on any atom is -0.349 e. The minimum absolute atomic E-state index is 0.0165. The van der Waals surface area contributed by atoms with Crippen molar-refractivity contribution < 1.29 is 38.4 Å². The molecule has 696 valence electrons. The largest absolute Gasteiger partial charge is 0.349 e. The molecule has 4 aromatic heterocycles. The van der Waals surface area contributed by atoms with Crippen LogP contribution >= 0.6 is 0 Å². The second-order valence-corrected chi connectivity index (χ2v) is 37.7. The van der Waals surface area contributed by atoms with Crippen LogP contribution in [0.15, 0.2) is 291 Å². The number of anilines is 4. The van der Waals surface area contributed by atoms with Crippen molar-refractivity contribution in [2.75, 3.05) is 21.3 Å². The molecular formula is C114H112N16O8. The van der Waals surface area contributed by atoms with E-state index in [9.17, 15) is 38.4 Å². The lowest BCUT2D eigenvalue weighted by molar-refractivity contribution is -0.0119. The molecule has 4 heterocycles. The number of hydrogen-bond donors (Lipinski definition) is 12. The molecule has 24 nitrogen and oxygen atoms in total. The van der Waals surface area contributed by atoms with Gasteiger partial charge < -0.3 is 62.5 Å². The zero-order valence-electron chi connectivity index (χ0n) is 77.1. The van der Waals surface area contributed by atoms with Crippen LogP contribution in [0.25, 0.3) is 89.7 Å². The Bertz CT molecular complexity index is 6990. The Hall–Kier alpha value is -15.7. The van der Waals surface area contributed by atoms with Crippen LogP contribution in [-0.4, -0.2) is 111 Å². The summed E-state index contributed by atoms with van der Waals surface area (Å²) >= 11 is 0. The molecule has 0 aliphatic heterocycles. The first-order valence-corrected chi connectivity index (χ1v) is 48.5. The molecule has 16 aromatic rings. The zero-order chi connectivity index (χ0) is 94.4. The molecule has 0 spiro atoms. The van der Waals surface area contributed by atoms with Crippen LogP contribution in [0.3, 0.4) is 0 Å².